The molecule has 2 heterocycles. The van der Waals surface area contributed by atoms with E-state index in [2.05, 4.69) is 20.4 Å². The van der Waals surface area contributed by atoms with Crippen LogP contribution in [0.2, 0.25) is 0 Å². The van der Waals surface area contributed by atoms with E-state index in [1.54, 1.807) is 19.1 Å². The number of nitrogens with zero attached hydrogens (tertiary/aromatic N) is 3. The molecular weight excluding hydrogens is 403 g/mol. The number of rotatable bonds is 6. The summed E-state index contributed by atoms with van der Waals surface area (Å²) in [6, 6.07) is 13.5. The summed E-state index contributed by atoms with van der Waals surface area (Å²) in [7, 11) is 0. The summed E-state index contributed by atoms with van der Waals surface area (Å²) in [5, 5.41) is 9.51. The maximum absolute atomic E-state index is 13.1. The molecule has 152 valence electrons. The quantitative estimate of drug-likeness (QED) is 0.486. The number of aromatic nitrogens is 3. The molecule has 0 bridgehead atoms. The third-order valence-corrected chi connectivity index (χ3v) is 5.42. The second-order valence-corrected chi connectivity index (χ2v) is 7.80. The van der Waals surface area contributed by atoms with Crippen LogP contribution in [0.3, 0.4) is 0 Å². The van der Waals surface area contributed by atoms with E-state index in [4.69, 9.17) is 4.52 Å². The van der Waals surface area contributed by atoms with E-state index < -0.39 is 6.04 Å². The van der Waals surface area contributed by atoms with Gasteiger partial charge in [-0.15, -0.1) is 11.3 Å². The maximum atomic E-state index is 13.1. The predicted octanol–water partition coefficient (Wildman–Crippen LogP) is 4.73. The van der Waals surface area contributed by atoms with Crippen LogP contribution in [-0.4, -0.2) is 21.0 Å². The summed E-state index contributed by atoms with van der Waals surface area (Å²) in [6.07, 6.45) is 0.158. The Morgan fingerprint density at radius 2 is 1.80 bits per heavy atom. The molecule has 1 N–H and O–H groups in total. The van der Waals surface area contributed by atoms with Crippen molar-refractivity contribution in [3.05, 3.63) is 76.9 Å². The Bertz CT molecular complexity index is 1150. The fourth-order valence-corrected chi connectivity index (χ4v) is 3.69. The standard InChI is InChI=1S/C22H19FN4O2S/c1-13-3-5-16(6-4-13)22-25-18(12-30-22)11-19(28)24-14(2)21-26-20(27-29-21)15-7-9-17(23)10-8-15/h3-10,12,14H,11H2,1-2H3,(H,24,28). The number of nitrogens with one attached hydrogen (secondary N) is 1. The fraction of sp³-hybridized carbons (Fsp3) is 0.182. The van der Waals surface area contributed by atoms with Crippen molar-refractivity contribution in [3.8, 4) is 22.0 Å². The number of carbonyl (C=O) groups excluding carboxylic acids is 1. The number of hydrogen-bond acceptors (Lipinski definition) is 6. The Hall–Kier alpha value is -3.39. The van der Waals surface area contributed by atoms with Crippen LogP contribution < -0.4 is 5.32 Å². The molecule has 0 saturated carbocycles. The summed E-state index contributed by atoms with van der Waals surface area (Å²) in [4.78, 5) is 21.3. The second kappa shape index (κ2) is 8.54. The minimum absolute atomic E-state index is 0.158. The molecule has 0 fully saturated rings. The van der Waals surface area contributed by atoms with Crippen molar-refractivity contribution in [3.63, 3.8) is 0 Å². The number of amides is 1. The van der Waals surface area contributed by atoms with E-state index in [-0.39, 0.29) is 24.0 Å². The fourth-order valence-electron chi connectivity index (χ4n) is 2.86. The van der Waals surface area contributed by atoms with Crippen LogP contribution in [0.5, 0.6) is 0 Å². The molecule has 2 aromatic carbocycles. The first-order valence-corrected chi connectivity index (χ1v) is 10.3. The topological polar surface area (TPSA) is 80.9 Å². The van der Waals surface area contributed by atoms with E-state index in [1.165, 1.54) is 29.0 Å². The van der Waals surface area contributed by atoms with Crippen LogP contribution in [0.1, 0.15) is 30.1 Å². The molecule has 4 rings (SSSR count). The molecule has 8 heteroatoms. The lowest BCUT2D eigenvalue weighted by atomic mass is 10.2. The third kappa shape index (κ3) is 4.60. The molecular formula is C22H19FN4O2S. The van der Waals surface area contributed by atoms with Gasteiger partial charge in [-0.2, -0.15) is 4.98 Å². The first-order valence-electron chi connectivity index (χ1n) is 9.38. The second-order valence-electron chi connectivity index (χ2n) is 6.94. The molecule has 0 aliphatic heterocycles. The summed E-state index contributed by atoms with van der Waals surface area (Å²) >= 11 is 1.51. The highest BCUT2D eigenvalue weighted by molar-refractivity contribution is 7.13. The average molecular weight is 422 g/mol. The van der Waals surface area contributed by atoms with Crippen LogP contribution in [-0.2, 0) is 11.2 Å². The van der Waals surface area contributed by atoms with E-state index in [0.717, 1.165) is 10.6 Å². The number of aryl methyl sites for hydroxylation is 1. The molecule has 0 saturated heterocycles. The van der Waals surface area contributed by atoms with Gasteiger partial charge >= 0.3 is 0 Å². The molecule has 1 unspecified atom stereocenters. The van der Waals surface area contributed by atoms with Crippen molar-refractivity contribution in [2.45, 2.75) is 26.3 Å². The molecule has 4 aromatic rings. The first-order chi connectivity index (χ1) is 14.5. The smallest absolute Gasteiger partial charge is 0.249 e. The predicted molar refractivity (Wildman–Crippen MR) is 112 cm³/mol. The number of carbonyl (C=O) groups is 1. The zero-order valence-corrected chi connectivity index (χ0v) is 17.2. The Labute approximate surface area is 176 Å². The maximum Gasteiger partial charge on any atom is 0.249 e. The summed E-state index contributed by atoms with van der Waals surface area (Å²) in [6.45, 7) is 3.80. The summed E-state index contributed by atoms with van der Waals surface area (Å²) in [5.41, 5.74) is 3.56. The highest BCUT2D eigenvalue weighted by atomic mass is 32.1. The highest BCUT2D eigenvalue weighted by Gasteiger charge is 2.18. The van der Waals surface area contributed by atoms with Gasteiger partial charge in [0.15, 0.2) is 0 Å². The minimum atomic E-state index is -0.464. The van der Waals surface area contributed by atoms with Gasteiger partial charge in [0.25, 0.3) is 0 Å². The highest BCUT2D eigenvalue weighted by Crippen LogP contribution is 2.24. The first kappa shape index (κ1) is 19.9. The van der Waals surface area contributed by atoms with Crippen molar-refractivity contribution in [1.29, 1.82) is 0 Å². The van der Waals surface area contributed by atoms with Gasteiger partial charge in [0, 0.05) is 16.5 Å². The molecule has 0 radical (unpaired) electrons. The number of halogens is 1. The van der Waals surface area contributed by atoms with Gasteiger partial charge in [0.1, 0.15) is 16.9 Å². The van der Waals surface area contributed by atoms with Crippen molar-refractivity contribution < 1.29 is 13.7 Å². The normalized spacial score (nSPS) is 12.0. The molecule has 0 aliphatic carbocycles. The Balaban J connectivity index is 1.37. The van der Waals surface area contributed by atoms with Gasteiger partial charge in [-0.3, -0.25) is 4.79 Å². The minimum Gasteiger partial charge on any atom is -0.344 e. The van der Waals surface area contributed by atoms with Gasteiger partial charge in [-0.1, -0.05) is 35.0 Å². The average Bonchev–Trinajstić information content (AvgIpc) is 3.39. The molecule has 0 spiro atoms. The van der Waals surface area contributed by atoms with E-state index in [1.807, 2.05) is 36.6 Å². The molecule has 1 atom stereocenters. The van der Waals surface area contributed by atoms with Crippen molar-refractivity contribution in [1.82, 2.24) is 20.4 Å². The van der Waals surface area contributed by atoms with Gasteiger partial charge < -0.3 is 9.84 Å². The summed E-state index contributed by atoms with van der Waals surface area (Å²) < 4.78 is 18.3. The van der Waals surface area contributed by atoms with E-state index in [0.29, 0.717) is 17.1 Å². The Morgan fingerprint density at radius 3 is 2.53 bits per heavy atom. The largest absolute Gasteiger partial charge is 0.344 e. The summed E-state index contributed by atoms with van der Waals surface area (Å²) in [5.74, 6) is 0.0927. The monoisotopic (exact) mass is 422 g/mol. The van der Waals surface area contributed by atoms with Crippen molar-refractivity contribution in [2.24, 2.45) is 0 Å². The van der Waals surface area contributed by atoms with Crippen LogP contribution in [0.15, 0.2) is 58.4 Å². The van der Waals surface area contributed by atoms with Crippen LogP contribution in [0, 0.1) is 12.7 Å². The number of thiazole rings is 1. The van der Waals surface area contributed by atoms with Gasteiger partial charge in [0.05, 0.1) is 12.1 Å². The van der Waals surface area contributed by atoms with E-state index in [9.17, 15) is 9.18 Å². The lowest BCUT2D eigenvalue weighted by Gasteiger charge is -2.08. The molecule has 0 aliphatic rings. The van der Waals surface area contributed by atoms with Crippen LogP contribution in [0.4, 0.5) is 4.39 Å². The SMILES string of the molecule is Cc1ccc(-c2nc(CC(=O)NC(C)c3nc(-c4ccc(F)cc4)no3)cs2)cc1. The molecule has 1 amide bonds. The van der Waals surface area contributed by atoms with Gasteiger partial charge in [-0.25, -0.2) is 9.37 Å². The lowest BCUT2D eigenvalue weighted by molar-refractivity contribution is -0.121. The van der Waals surface area contributed by atoms with Gasteiger partial charge in [0.2, 0.25) is 17.6 Å². The Kier molecular flexibility index (Phi) is 5.67. The van der Waals surface area contributed by atoms with E-state index >= 15 is 0 Å². The van der Waals surface area contributed by atoms with Crippen molar-refractivity contribution >= 4 is 17.2 Å². The van der Waals surface area contributed by atoms with Gasteiger partial charge in [-0.05, 0) is 38.1 Å². The molecule has 30 heavy (non-hydrogen) atoms. The molecule has 2 aromatic heterocycles. The zero-order valence-electron chi connectivity index (χ0n) is 16.4. The number of hydrogen-bond donors (Lipinski definition) is 1. The van der Waals surface area contributed by atoms with Crippen LogP contribution >= 0.6 is 11.3 Å². The molecule has 6 nitrogen and oxygen atoms in total. The van der Waals surface area contributed by atoms with Crippen molar-refractivity contribution in [2.75, 3.05) is 0 Å². The number of benzene rings is 2. The zero-order chi connectivity index (χ0) is 21.1. The third-order valence-electron chi connectivity index (χ3n) is 4.48. The Morgan fingerprint density at radius 1 is 1.10 bits per heavy atom. The van der Waals surface area contributed by atoms with Crippen LogP contribution in [0.25, 0.3) is 22.0 Å². The lowest BCUT2D eigenvalue weighted by Crippen LogP contribution is -2.28.